The molecule has 0 aromatic heterocycles. The molecule has 24 heavy (non-hydrogen) atoms. The van der Waals surface area contributed by atoms with E-state index in [9.17, 15) is 5.26 Å². The highest BCUT2D eigenvalue weighted by atomic mass is 15.3. The van der Waals surface area contributed by atoms with Gasteiger partial charge in [0.1, 0.15) is 0 Å². The first kappa shape index (κ1) is 18.5. The van der Waals surface area contributed by atoms with Crippen molar-refractivity contribution in [1.29, 1.82) is 10.5 Å². The number of nitrogens with zero attached hydrogens (tertiary/aromatic N) is 4. The van der Waals surface area contributed by atoms with Gasteiger partial charge in [0.2, 0.25) is 0 Å². The second-order valence-corrected chi connectivity index (χ2v) is 7.00. The molecule has 0 unspecified atom stereocenters. The van der Waals surface area contributed by atoms with Gasteiger partial charge < -0.3 is 0 Å². The van der Waals surface area contributed by atoms with Crippen molar-refractivity contribution >= 4 is 0 Å². The van der Waals surface area contributed by atoms with Gasteiger partial charge in [0.15, 0.2) is 0 Å². The van der Waals surface area contributed by atoms with Crippen LogP contribution in [-0.2, 0) is 6.54 Å². The zero-order valence-corrected chi connectivity index (χ0v) is 14.9. The van der Waals surface area contributed by atoms with Crippen molar-refractivity contribution in [3.63, 3.8) is 0 Å². The number of hydrogen-bond donors (Lipinski definition) is 0. The van der Waals surface area contributed by atoms with Crippen LogP contribution in [0.5, 0.6) is 0 Å². The summed E-state index contributed by atoms with van der Waals surface area (Å²) in [5.41, 5.74) is 2.76. The normalized spacial score (nSPS) is 17.4. The monoisotopic (exact) mass is 324 g/mol. The summed E-state index contributed by atoms with van der Waals surface area (Å²) >= 11 is 0. The molecule has 1 fully saturated rings. The van der Waals surface area contributed by atoms with Crippen LogP contribution in [0.25, 0.3) is 0 Å². The fourth-order valence-corrected chi connectivity index (χ4v) is 3.14. The Morgan fingerprint density at radius 1 is 1.00 bits per heavy atom. The van der Waals surface area contributed by atoms with Crippen LogP contribution in [0, 0.1) is 28.6 Å². The molecular formula is C20H28N4. The summed E-state index contributed by atoms with van der Waals surface area (Å²) in [6.45, 7) is 10.4. The van der Waals surface area contributed by atoms with Gasteiger partial charge in [-0.05, 0) is 23.5 Å². The van der Waals surface area contributed by atoms with E-state index in [0.717, 1.165) is 39.3 Å². The Hall–Kier alpha value is -1.88. The summed E-state index contributed by atoms with van der Waals surface area (Å²) in [7, 11) is 0. The van der Waals surface area contributed by atoms with Gasteiger partial charge in [0.05, 0.1) is 18.1 Å². The fraction of sp³-hybridized carbons (Fsp3) is 0.600. The Bertz CT molecular complexity index is 571. The number of hydrogen-bond acceptors (Lipinski definition) is 4. The first-order chi connectivity index (χ1) is 11.6. The van der Waals surface area contributed by atoms with Gasteiger partial charge in [-0.25, -0.2) is 0 Å². The van der Waals surface area contributed by atoms with Crippen LogP contribution in [0.3, 0.4) is 0 Å². The number of piperazine rings is 1. The van der Waals surface area contributed by atoms with Crippen molar-refractivity contribution < 1.29 is 0 Å². The molecule has 4 nitrogen and oxygen atoms in total. The van der Waals surface area contributed by atoms with Gasteiger partial charge in [-0.2, -0.15) is 10.5 Å². The van der Waals surface area contributed by atoms with Gasteiger partial charge in [-0.3, -0.25) is 9.80 Å². The number of benzene rings is 1. The Morgan fingerprint density at radius 2 is 1.62 bits per heavy atom. The molecule has 0 saturated carbocycles. The minimum Gasteiger partial charge on any atom is -0.299 e. The number of nitriles is 2. The number of rotatable bonds is 7. The van der Waals surface area contributed by atoms with Crippen molar-refractivity contribution in [3.05, 3.63) is 35.4 Å². The Kier molecular flexibility index (Phi) is 7.25. The second-order valence-electron chi connectivity index (χ2n) is 7.00. The molecule has 0 N–H and O–H groups in total. The van der Waals surface area contributed by atoms with Crippen LogP contribution in [-0.4, -0.2) is 42.5 Å². The van der Waals surface area contributed by atoms with Crippen LogP contribution in [0.2, 0.25) is 0 Å². The van der Waals surface area contributed by atoms with Crippen molar-refractivity contribution in [2.75, 3.05) is 32.7 Å². The molecule has 128 valence electrons. The van der Waals surface area contributed by atoms with Crippen LogP contribution in [0.15, 0.2) is 24.3 Å². The summed E-state index contributed by atoms with van der Waals surface area (Å²) in [6.07, 6.45) is 1.17. The average molecular weight is 324 g/mol. The van der Waals surface area contributed by atoms with Gasteiger partial charge in [-0.1, -0.05) is 38.1 Å². The Morgan fingerprint density at radius 3 is 2.17 bits per heavy atom. The summed E-state index contributed by atoms with van der Waals surface area (Å²) in [5.74, 6) is 0.566. The zero-order chi connectivity index (χ0) is 17.4. The topological polar surface area (TPSA) is 54.1 Å². The molecule has 0 aliphatic carbocycles. The summed E-state index contributed by atoms with van der Waals surface area (Å²) in [6, 6.07) is 13.4. The minimum atomic E-state index is -0.0141. The SMILES string of the molecule is CC(C)c1ccc(CN2CCN(C[C@H](C#N)CCC#N)CC2)cc1. The van der Waals surface area contributed by atoms with Crippen molar-refractivity contribution in [2.24, 2.45) is 5.92 Å². The largest absolute Gasteiger partial charge is 0.299 e. The highest BCUT2D eigenvalue weighted by molar-refractivity contribution is 5.24. The van der Waals surface area contributed by atoms with E-state index in [1.807, 2.05) is 0 Å². The highest BCUT2D eigenvalue weighted by Crippen LogP contribution is 2.17. The standard InChI is InChI=1S/C20H28N4/c1-17(2)20-7-5-18(6-8-20)15-23-10-12-24(13-11-23)16-19(14-22)4-3-9-21/h5-8,17,19H,3-4,10-13,15-16H2,1-2H3/t19-/m0/s1. The third kappa shape index (κ3) is 5.64. The predicted molar refractivity (Wildman–Crippen MR) is 96.2 cm³/mol. The van der Waals surface area contributed by atoms with E-state index in [1.165, 1.54) is 11.1 Å². The molecule has 4 heteroatoms. The Labute approximate surface area is 146 Å². The second kappa shape index (κ2) is 9.42. The third-order valence-electron chi connectivity index (χ3n) is 4.78. The quantitative estimate of drug-likeness (QED) is 0.771. The third-order valence-corrected chi connectivity index (χ3v) is 4.78. The van der Waals surface area contributed by atoms with E-state index in [4.69, 9.17) is 5.26 Å². The maximum absolute atomic E-state index is 9.19. The molecule has 1 aromatic rings. The van der Waals surface area contributed by atoms with E-state index >= 15 is 0 Å². The lowest BCUT2D eigenvalue weighted by molar-refractivity contribution is 0.118. The minimum absolute atomic E-state index is 0.0141. The molecule has 0 spiro atoms. The molecule has 2 rings (SSSR count). The molecule has 1 heterocycles. The van der Waals surface area contributed by atoms with E-state index in [2.05, 4.69) is 60.1 Å². The van der Waals surface area contributed by atoms with Crippen LogP contribution in [0.4, 0.5) is 0 Å². The van der Waals surface area contributed by atoms with E-state index in [-0.39, 0.29) is 5.92 Å². The first-order valence-corrected chi connectivity index (χ1v) is 8.92. The molecule has 0 radical (unpaired) electrons. The average Bonchev–Trinajstić information content (AvgIpc) is 2.60. The molecular weight excluding hydrogens is 296 g/mol. The maximum Gasteiger partial charge on any atom is 0.0669 e. The van der Waals surface area contributed by atoms with E-state index in [1.54, 1.807) is 0 Å². The molecule has 1 aromatic carbocycles. The molecule has 1 atom stereocenters. The fourth-order valence-electron chi connectivity index (χ4n) is 3.14. The predicted octanol–water partition coefficient (Wildman–Crippen LogP) is 3.37. The van der Waals surface area contributed by atoms with Crippen LogP contribution < -0.4 is 0 Å². The van der Waals surface area contributed by atoms with Gasteiger partial charge in [0.25, 0.3) is 0 Å². The first-order valence-electron chi connectivity index (χ1n) is 8.92. The Balaban J connectivity index is 1.76. The molecule has 1 aliphatic rings. The molecule has 0 amide bonds. The zero-order valence-electron chi connectivity index (χ0n) is 14.9. The van der Waals surface area contributed by atoms with Crippen molar-refractivity contribution in [2.45, 2.75) is 39.2 Å². The lowest BCUT2D eigenvalue weighted by atomic mass is 10.0. The van der Waals surface area contributed by atoms with E-state index < -0.39 is 0 Å². The summed E-state index contributed by atoms with van der Waals surface area (Å²) < 4.78 is 0. The van der Waals surface area contributed by atoms with E-state index in [0.29, 0.717) is 18.8 Å². The smallest absolute Gasteiger partial charge is 0.0669 e. The lowest BCUT2D eigenvalue weighted by Crippen LogP contribution is -2.47. The van der Waals surface area contributed by atoms with Gasteiger partial charge in [0, 0.05) is 45.7 Å². The molecule has 1 aliphatic heterocycles. The van der Waals surface area contributed by atoms with Gasteiger partial charge >= 0.3 is 0 Å². The highest BCUT2D eigenvalue weighted by Gasteiger charge is 2.20. The maximum atomic E-state index is 9.19. The van der Waals surface area contributed by atoms with Gasteiger partial charge in [-0.15, -0.1) is 0 Å². The molecule has 1 saturated heterocycles. The van der Waals surface area contributed by atoms with Crippen molar-refractivity contribution in [1.82, 2.24) is 9.80 Å². The summed E-state index contributed by atoms with van der Waals surface area (Å²) in [5, 5.41) is 17.9. The lowest BCUT2D eigenvalue weighted by Gasteiger charge is -2.35. The van der Waals surface area contributed by atoms with Crippen LogP contribution >= 0.6 is 0 Å². The van der Waals surface area contributed by atoms with Crippen molar-refractivity contribution in [3.8, 4) is 12.1 Å². The molecule has 0 bridgehead atoms. The van der Waals surface area contributed by atoms with Crippen LogP contribution in [0.1, 0.15) is 43.7 Å². The summed E-state index contributed by atoms with van der Waals surface area (Å²) in [4.78, 5) is 4.85.